The zero-order valence-electron chi connectivity index (χ0n) is 16.1. The van der Waals surface area contributed by atoms with Crippen LogP contribution in [0.3, 0.4) is 0 Å². The second-order valence-corrected chi connectivity index (χ2v) is 8.14. The highest BCUT2D eigenvalue weighted by atomic mass is 32.2. The van der Waals surface area contributed by atoms with Crippen LogP contribution < -0.4 is 5.32 Å². The van der Waals surface area contributed by atoms with E-state index in [2.05, 4.69) is 5.32 Å². The predicted octanol–water partition coefficient (Wildman–Crippen LogP) is 6.68. The molecule has 0 bridgehead atoms. The highest BCUT2D eigenvalue weighted by Crippen LogP contribution is 2.44. The maximum Gasteiger partial charge on any atom is 0.458 e. The molecule has 0 spiro atoms. The van der Waals surface area contributed by atoms with Gasteiger partial charge >= 0.3 is 24.3 Å². The summed E-state index contributed by atoms with van der Waals surface area (Å²) in [4.78, 5) is 14.0. The summed E-state index contributed by atoms with van der Waals surface area (Å²) in [5.74, 6) is -4.18. The van der Waals surface area contributed by atoms with Gasteiger partial charge in [0.2, 0.25) is 0 Å². The number of thioether (sulfide) groups is 1. The lowest BCUT2D eigenvalue weighted by molar-refractivity contribution is -0.289. The first-order valence-electron chi connectivity index (χ1n) is 9.18. The van der Waals surface area contributed by atoms with Crippen molar-refractivity contribution in [3.63, 3.8) is 0 Å². The minimum Gasteiger partial charge on any atom is -0.316 e. The monoisotopic (exact) mass is 484 g/mol. The second-order valence-electron chi connectivity index (χ2n) is 6.99. The summed E-state index contributed by atoms with van der Waals surface area (Å²) < 4.78 is 103. The van der Waals surface area contributed by atoms with Crippen LogP contribution in [0.25, 0.3) is 0 Å². The van der Waals surface area contributed by atoms with E-state index in [0.717, 1.165) is 24.3 Å². The maximum absolute atomic E-state index is 13.4. The molecule has 0 aromatic heterocycles. The number of benzene rings is 2. The molecule has 1 aliphatic heterocycles. The van der Waals surface area contributed by atoms with Crippen molar-refractivity contribution in [1.82, 2.24) is 4.90 Å². The van der Waals surface area contributed by atoms with E-state index in [4.69, 9.17) is 0 Å². The number of halogens is 8. The number of carbonyl (C=O) groups excluding carboxylic acids is 1. The molecule has 1 saturated heterocycles. The lowest BCUT2D eigenvalue weighted by Crippen LogP contribution is -2.43. The lowest BCUT2D eigenvalue weighted by Gasteiger charge is -2.36. The number of nitrogens with zero attached hydrogens (tertiary/aromatic N) is 1. The third-order valence-corrected chi connectivity index (χ3v) is 5.87. The summed E-state index contributed by atoms with van der Waals surface area (Å²) in [6.45, 7) is 0.210. The Morgan fingerprint density at radius 1 is 0.938 bits per heavy atom. The molecule has 0 saturated carbocycles. The smallest absolute Gasteiger partial charge is 0.316 e. The van der Waals surface area contributed by atoms with Crippen LogP contribution in [-0.2, 0) is 12.1 Å². The van der Waals surface area contributed by atoms with Crippen molar-refractivity contribution in [2.45, 2.75) is 24.3 Å². The quantitative estimate of drug-likeness (QED) is 0.493. The molecule has 1 N–H and O–H groups in total. The summed E-state index contributed by atoms with van der Waals surface area (Å²) in [6.07, 6.45) is -10.3. The number of amides is 2. The van der Waals surface area contributed by atoms with Crippen molar-refractivity contribution in [1.29, 1.82) is 0 Å². The Morgan fingerprint density at radius 2 is 1.59 bits per heavy atom. The van der Waals surface area contributed by atoms with Crippen molar-refractivity contribution in [3.8, 4) is 0 Å². The zero-order valence-corrected chi connectivity index (χ0v) is 16.9. The molecule has 1 fully saturated rings. The molecular formula is C20H16F8N2OS. The molecule has 32 heavy (non-hydrogen) atoms. The topological polar surface area (TPSA) is 32.3 Å². The van der Waals surface area contributed by atoms with Gasteiger partial charge in [-0.2, -0.15) is 46.9 Å². The van der Waals surface area contributed by atoms with Crippen molar-refractivity contribution in [3.05, 3.63) is 65.2 Å². The van der Waals surface area contributed by atoms with E-state index in [0.29, 0.717) is 23.6 Å². The van der Waals surface area contributed by atoms with E-state index < -0.39 is 41.5 Å². The van der Waals surface area contributed by atoms with Crippen molar-refractivity contribution < 1.29 is 39.9 Å². The molecule has 2 aromatic rings. The molecule has 0 radical (unpaired) electrons. The number of alkyl halides is 8. The van der Waals surface area contributed by atoms with Gasteiger partial charge in [-0.3, -0.25) is 0 Å². The van der Waals surface area contributed by atoms with Crippen LogP contribution in [0.15, 0.2) is 48.5 Å². The largest absolute Gasteiger partial charge is 0.458 e. The van der Waals surface area contributed by atoms with E-state index in [1.54, 1.807) is 0 Å². The normalized spacial score (nSPS) is 17.9. The third-order valence-electron chi connectivity index (χ3n) is 4.84. The van der Waals surface area contributed by atoms with Crippen LogP contribution in [0.4, 0.5) is 45.6 Å². The molecule has 1 heterocycles. The SMILES string of the molecule is O=C(Nc1ccc(C(F)(F)C(F)(F)F)cc1)N1CCSCC1c1cccc(C(F)(F)F)c1. The molecule has 174 valence electrons. The lowest BCUT2D eigenvalue weighted by atomic mass is 10.0. The zero-order chi connectivity index (χ0) is 23.7. The van der Waals surface area contributed by atoms with E-state index in [1.807, 2.05) is 0 Å². The van der Waals surface area contributed by atoms with Gasteiger partial charge < -0.3 is 10.2 Å². The number of anilines is 1. The molecule has 3 nitrogen and oxygen atoms in total. The number of nitrogens with one attached hydrogen (secondary N) is 1. The highest BCUT2D eigenvalue weighted by Gasteiger charge is 2.58. The number of rotatable bonds is 3. The van der Waals surface area contributed by atoms with E-state index >= 15 is 0 Å². The predicted molar refractivity (Wildman–Crippen MR) is 104 cm³/mol. The second kappa shape index (κ2) is 8.80. The van der Waals surface area contributed by atoms with E-state index in [1.165, 1.54) is 28.8 Å². The minimum absolute atomic E-state index is 0.0299. The van der Waals surface area contributed by atoms with Crippen LogP contribution in [0.2, 0.25) is 0 Å². The molecular weight excluding hydrogens is 468 g/mol. The summed E-state index contributed by atoms with van der Waals surface area (Å²) in [5, 5.41) is 2.40. The van der Waals surface area contributed by atoms with Gasteiger partial charge in [-0.25, -0.2) is 4.79 Å². The Hall–Kier alpha value is -2.50. The standard InChI is InChI=1S/C20H16F8N2OS/c21-18(22,20(26,27)28)13-4-6-15(7-5-13)29-17(31)30-8-9-32-11-16(30)12-2-1-3-14(10-12)19(23,24)25/h1-7,10,16H,8-9,11H2,(H,29,31). The molecule has 3 rings (SSSR count). The van der Waals surface area contributed by atoms with Gasteiger partial charge in [0, 0.05) is 29.3 Å². The Morgan fingerprint density at radius 3 is 2.19 bits per heavy atom. The van der Waals surface area contributed by atoms with Crippen molar-refractivity contribution >= 4 is 23.5 Å². The number of carbonyl (C=O) groups is 1. The highest BCUT2D eigenvalue weighted by molar-refractivity contribution is 7.99. The first kappa shape index (κ1) is 24.1. The minimum atomic E-state index is -5.76. The van der Waals surface area contributed by atoms with Crippen LogP contribution in [0, 0.1) is 0 Å². The first-order valence-corrected chi connectivity index (χ1v) is 10.3. The molecule has 1 aliphatic rings. The molecule has 0 aliphatic carbocycles. The molecule has 2 aromatic carbocycles. The van der Waals surface area contributed by atoms with Gasteiger partial charge in [0.25, 0.3) is 0 Å². The molecule has 1 unspecified atom stereocenters. The number of urea groups is 1. The van der Waals surface area contributed by atoms with Crippen LogP contribution in [0.1, 0.15) is 22.7 Å². The average Bonchev–Trinajstić information content (AvgIpc) is 2.73. The average molecular weight is 484 g/mol. The van der Waals surface area contributed by atoms with Crippen LogP contribution in [-0.4, -0.2) is 35.2 Å². The number of hydrogen-bond donors (Lipinski definition) is 1. The fraction of sp³-hybridized carbons (Fsp3) is 0.350. The van der Waals surface area contributed by atoms with Crippen LogP contribution >= 0.6 is 11.8 Å². The van der Waals surface area contributed by atoms with E-state index in [9.17, 15) is 39.9 Å². The van der Waals surface area contributed by atoms with Crippen LogP contribution in [0.5, 0.6) is 0 Å². The maximum atomic E-state index is 13.4. The fourth-order valence-corrected chi connectivity index (χ4v) is 4.26. The van der Waals surface area contributed by atoms with Gasteiger partial charge in [0.1, 0.15) is 0 Å². The first-order chi connectivity index (χ1) is 14.8. The molecule has 12 heteroatoms. The molecule has 1 atom stereocenters. The fourth-order valence-electron chi connectivity index (χ4n) is 3.17. The summed E-state index contributed by atoms with van der Waals surface area (Å²) >= 11 is 1.45. The Labute approximate surface area is 181 Å². The Bertz CT molecular complexity index is 959. The molecule has 2 amide bonds. The van der Waals surface area contributed by atoms with E-state index in [-0.39, 0.29) is 17.8 Å². The Kier molecular flexibility index (Phi) is 6.64. The van der Waals surface area contributed by atoms with Gasteiger partial charge in [0.05, 0.1) is 11.6 Å². The Balaban J connectivity index is 1.78. The summed E-state index contributed by atoms with van der Waals surface area (Å²) in [6, 6.07) is 6.14. The summed E-state index contributed by atoms with van der Waals surface area (Å²) in [5.41, 5.74) is -1.88. The van der Waals surface area contributed by atoms with Crippen molar-refractivity contribution in [2.75, 3.05) is 23.4 Å². The van der Waals surface area contributed by atoms with Gasteiger partial charge in [-0.05, 0) is 29.8 Å². The van der Waals surface area contributed by atoms with Crippen molar-refractivity contribution in [2.24, 2.45) is 0 Å². The van der Waals surface area contributed by atoms with Gasteiger partial charge in [-0.15, -0.1) is 0 Å². The van der Waals surface area contributed by atoms with Gasteiger partial charge in [0.15, 0.2) is 0 Å². The summed E-state index contributed by atoms with van der Waals surface area (Å²) in [7, 11) is 0. The number of hydrogen-bond acceptors (Lipinski definition) is 2. The third kappa shape index (κ3) is 5.11. The van der Waals surface area contributed by atoms with Gasteiger partial charge in [-0.1, -0.05) is 24.3 Å².